The first kappa shape index (κ1) is 20.3. The first-order valence-corrected chi connectivity index (χ1v) is 11.4. The number of rotatable bonds is 11. The molecule has 0 N–H and O–H groups in total. The molecule has 0 unspecified atom stereocenters. The molecule has 2 saturated carbocycles. The van der Waals surface area contributed by atoms with Crippen molar-refractivity contribution in [3.8, 4) is 0 Å². The summed E-state index contributed by atoms with van der Waals surface area (Å²) in [6.07, 6.45) is 25.5. The molecule has 0 atom stereocenters. The molecule has 0 heterocycles. The zero-order valence-electron chi connectivity index (χ0n) is 16.7. The topological polar surface area (TPSA) is 9.23 Å². The Bertz CT molecular complexity index is 284. The highest BCUT2D eigenvalue weighted by molar-refractivity contribution is 4.82. The highest BCUT2D eigenvalue weighted by atomic mass is 16.5. The van der Waals surface area contributed by atoms with E-state index in [4.69, 9.17) is 4.74 Å². The van der Waals surface area contributed by atoms with Crippen molar-refractivity contribution in [1.29, 1.82) is 0 Å². The van der Waals surface area contributed by atoms with E-state index in [2.05, 4.69) is 6.92 Å². The van der Waals surface area contributed by atoms with Crippen molar-refractivity contribution in [2.45, 2.75) is 122 Å². The van der Waals surface area contributed by atoms with Crippen LogP contribution in [0.2, 0.25) is 0 Å². The Balaban J connectivity index is 1.46. The molecule has 0 spiro atoms. The quantitative estimate of drug-likeness (QED) is 0.354. The van der Waals surface area contributed by atoms with Crippen molar-refractivity contribution in [2.24, 2.45) is 17.8 Å². The maximum Gasteiger partial charge on any atom is 0.0571 e. The minimum Gasteiger partial charge on any atom is -0.381 e. The SMILES string of the molecule is CCCCCCCCCCC1CCC([C@H]2CC[C@H](OC)CC2)CC1. The van der Waals surface area contributed by atoms with E-state index in [1.807, 2.05) is 7.11 Å². The summed E-state index contributed by atoms with van der Waals surface area (Å²) in [7, 11) is 1.89. The molecule has 0 bridgehead atoms. The van der Waals surface area contributed by atoms with Crippen LogP contribution in [0.4, 0.5) is 0 Å². The molecule has 2 aliphatic carbocycles. The van der Waals surface area contributed by atoms with E-state index in [0.717, 1.165) is 17.8 Å². The summed E-state index contributed by atoms with van der Waals surface area (Å²) in [5, 5.41) is 0. The lowest BCUT2D eigenvalue weighted by molar-refractivity contribution is 0.0391. The van der Waals surface area contributed by atoms with Gasteiger partial charge in [0, 0.05) is 7.11 Å². The van der Waals surface area contributed by atoms with Crippen LogP contribution in [0.5, 0.6) is 0 Å². The maximum atomic E-state index is 5.54. The van der Waals surface area contributed by atoms with Gasteiger partial charge in [-0.15, -0.1) is 0 Å². The average Bonchev–Trinajstić information content (AvgIpc) is 2.64. The molecule has 0 aliphatic heterocycles. The van der Waals surface area contributed by atoms with Gasteiger partial charge in [-0.05, 0) is 56.3 Å². The predicted octanol–water partition coefficient (Wildman–Crippen LogP) is 7.53. The summed E-state index contributed by atoms with van der Waals surface area (Å²) in [5.41, 5.74) is 0. The summed E-state index contributed by atoms with van der Waals surface area (Å²) < 4.78 is 5.54. The van der Waals surface area contributed by atoms with E-state index in [0.29, 0.717) is 6.10 Å². The number of hydrogen-bond acceptors (Lipinski definition) is 1. The Hall–Kier alpha value is -0.0400. The number of unbranched alkanes of at least 4 members (excludes halogenated alkanes) is 7. The highest BCUT2D eigenvalue weighted by Gasteiger charge is 2.30. The van der Waals surface area contributed by atoms with Crippen LogP contribution in [0.3, 0.4) is 0 Å². The summed E-state index contributed by atoms with van der Waals surface area (Å²) in [6.45, 7) is 2.30. The Morgan fingerprint density at radius 1 is 0.625 bits per heavy atom. The van der Waals surface area contributed by atoms with E-state index < -0.39 is 0 Å². The molecule has 0 saturated heterocycles. The fourth-order valence-corrected chi connectivity index (χ4v) is 5.31. The summed E-state index contributed by atoms with van der Waals surface area (Å²) in [6, 6.07) is 0. The molecule has 0 aromatic rings. The van der Waals surface area contributed by atoms with Crippen LogP contribution in [-0.4, -0.2) is 13.2 Å². The van der Waals surface area contributed by atoms with Crippen LogP contribution in [0, 0.1) is 17.8 Å². The molecule has 2 rings (SSSR count). The van der Waals surface area contributed by atoms with Gasteiger partial charge in [0.15, 0.2) is 0 Å². The third-order valence-electron chi connectivity index (χ3n) is 7.08. The zero-order valence-corrected chi connectivity index (χ0v) is 16.7. The normalized spacial score (nSPS) is 31.2. The lowest BCUT2D eigenvalue weighted by atomic mass is 9.70. The first-order chi connectivity index (χ1) is 11.8. The van der Waals surface area contributed by atoms with Crippen molar-refractivity contribution in [2.75, 3.05) is 7.11 Å². The number of methoxy groups -OCH3 is 1. The predicted molar refractivity (Wildman–Crippen MR) is 105 cm³/mol. The Labute approximate surface area is 152 Å². The van der Waals surface area contributed by atoms with Gasteiger partial charge in [-0.2, -0.15) is 0 Å². The largest absolute Gasteiger partial charge is 0.381 e. The van der Waals surface area contributed by atoms with Gasteiger partial charge in [-0.3, -0.25) is 0 Å². The van der Waals surface area contributed by atoms with Crippen LogP contribution in [-0.2, 0) is 4.74 Å². The molecule has 0 amide bonds. The van der Waals surface area contributed by atoms with Crippen LogP contribution in [0.1, 0.15) is 116 Å². The molecular formula is C23H44O. The van der Waals surface area contributed by atoms with Gasteiger partial charge in [0.1, 0.15) is 0 Å². The second kappa shape index (κ2) is 12.3. The minimum atomic E-state index is 0.569. The maximum absolute atomic E-state index is 5.54. The van der Waals surface area contributed by atoms with Crippen LogP contribution >= 0.6 is 0 Å². The van der Waals surface area contributed by atoms with Gasteiger partial charge in [-0.1, -0.05) is 77.6 Å². The van der Waals surface area contributed by atoms with Gasteiger partial charge in [-0.25, -0.2) is 0 Å². The van der Waals surface area contributed by atoms with Crippen LogP contribution < -0.4 is 0 Å². The molecule has 1 heteroatoms. The Morgan fingerprint density at radius 2 is 1.12 bits per heavy atom. The second-order valence-electron chi connectivity index (χ2n) is 8.82. The van der Waals surface area contributed by atoms with Crippen LogP contribution in [0.15, 0.2) is 0 Å². The lowest BCUT2D eigenvalue weighted by Gasteiger charge is -2.37. The summed E-state index contributed by atoms with van der Waals surface area (Å²) >= 11 is 0. The van der Waals surface area contributed by atoms with Gasteiger partial charge in [0.05, 0.1) is 6.10 Å². The van der Waals surface area contributed by atoms with Gasteiger partial charge < -0.3 is 4.74 Å². The van der Waals surface area contributed by atoms with Crippen molar-refractivity contribution >= 4 is 0 Å². The number of hydrogen-bond donors (Lipinski definition) is 0. The fraction of sp³-hybridized carbons (Fsp3) is 1.00. The molecule has 1 nitrogen and oxygen atoms in total. The Kier molecular flexibility index (Phi) is 10.4. The third kappa shape index (κ3) is 7.46. The molecule has 142 valence electrons. The van der Waals surface area contributed by atoms with Crippen molar-refractivity contribution < 1.29 is 4.74 Å². The van der Waals surface area contributed by atoms with Gasteiger partial charge in [0.2, 0.25) is 0 Å². The smallest absolute Gasteiger partial charge is 0.0571 e. The fourth-order valence-electron chi connectivity index (χ4n) is 5.31. The summed E-state index contributed by atoms with van der Waals surface area (Å²) in [4.78, 5) is 0. The standard InChI is InChI=1S/C23H44O/c1-3-4-5-6-7-8-9-10-11-20-12-14-21(15-13-20)22-16-18-23(24-2)19-17-22/h20-23H,3-19H2,1-2H3/t20?,21?,22-,23-. The van der Waals surface area contributed by atoms with E-state index in [1.165, 1.54) is 109 Å². The average molecular weight is 337 g/mol. The minimum absolute atomic E-state index is 0.569. The molecule has 0 radical (unpaired) electrons. The molecular weight excluding hydrogens is 292 g/mol. The zero-order chi connectivity index (χ0) is 17.0. The van der Waals surface area contributed by atoms with E-state index in [1.54, 1.807) is 0 Å². The molecule has 0 aromatic heterocycles. The van der Waals surface area contributed by atoms with Gasteiger partial charge >= 0.3 is 0 Å². The first-order valence-electron chi connectivity index (χ1n) is 11.4. The monoisotopic (exact) mass is 336 g/mol. The third-order valence-corrected chi connectivity index (χ3v) is 7.08. The second-order valence-corrected chi connectivity index (χ2v) is 8.82. The van der Waals surface area contributed by atoms with Crippen LogP contribution in [0.25, 0.3) is 0 Å². The highest BCUT2D eigenvalue weighted by Crippen LogP contribution is 2.41. The lowest BCUT2D eigenvalue weighted by Crippen LogP contribution is -2.28. The van der Waals surface area contributed by atoms with Crippen molar-refractivity contribution in [1.82, 2.24) is 0 Å². The van der Waals surface area contributed by atoms with Gasteiger partial charge in [0.25, 0.3) is 0 Å². The molecule has 24 heavy (non-hydrogen) atoms. The van der Waals surface area contributed by atoms with E-state index in [-0.39, 0.29) is 0 Å². The van der Waals surface area contributed by atoms with E-state index in [9.17, 15) is 0 Å². The number of ether oxygens (including phenoxy) is 1. The summed E-state index contributed by atoms with van der Waals surface area (Å²) in [5.74, 6) is 3.15. The Morgan fingerprint density at radius 3 is 1.67 bits per heavy atom. The molecule has 2 aliphatic rings. The van der Waals surface area contributed by atoms with E-state index >= 15 is 0 Å². The molecule has 0 aromatic carbocycles. The van der Waals surface area contributed by atoms with Crippen molar-refractivity contribution in [3.63, 3.8) is 0 Å². The van der Waals surface area contributed by atoms with Crippen molar-refractivity contribution in [3.05, 3.63) is 0 Å². The molecule has 2 fully saturated rings.